The molecule has 0 amide bonds. The molecule has 23 heavy (non-hydrogen) atoms. The zero-order valence-electron chi connectivity index (χ0n) is 13.1. The van der Waals surface area contributed by atoms with E-state index in [0.29, 0.717) is 0 Å². The molecule has 0 bridgehead atoms. The van der Waals surface area contributed by atoms with Crippen molar-refractivity contribution in [1.29, 1.82) is 0 Å². The van der Waals surface area contributed by atoms with Gasteiger partial charge < -0.3 is 0 Å². The van der Waals surface area contributed by atoms with Crippen LogP contribution in [0.1, 0.15) is 11.3 Å². The molecule has 4 nitrogen and oxygen atoms in total. The molecule has 0 aliphatic heterocycles. The minimum atomic E-state index is 0.909. The fraction of sp³-hybridized carbons (Fsp3) is 0.105. The van der Waals surface area contributed by atoms with Crippen LogP contribution < -0.4 is 0 Å². The first kappa shape index (κ1) is 13.6. The summed E-state index contributed by atoms with van der Waals surface area (Å²) in [5.41, 5.74) is 6.55. The van der Waals surface area contributed by atoms with Crippen molar-refractivity contribution in [3.8, 4) is 16.8 Å². The summed E-state index contributed by atoms with van der Waals surface area (Å²) < 4.78 is 1.93. The maximum absolute atomic E-state index is 4.52. The molecule has 0 saturated heterocycles. The smallest absolute Gasteiger partial charge is 0.0930 e. The molecule has 0 spiro atoms. The van der Waals surface area contributed by atoms with Gasteiger partial charge in [0.1, 0.15) is 0 Å². The lowest BCUT2D eigenvalue weighted by atomic mass is 10.0. The first-order chi connectivity index (χ1) is 11.2. The van der Waals surface area contributed by atoms with Crippen molar-refractivity contribution in [3.05, 3.63) is 72.2 Å². The molecule has 4 heteroatoms. The second-order valence-corrected chi connectivity index (χ2v) is 5.71. The molecule has 0 aliphatic carbocycles. The molecular formula is C19H16N4. The molecule has 2 aromatic carbocycles. The lowest BCUT2D eigenvalue weighted by molar-refractivity contribution is 0.856. The molecule has 0 fully saturated rings. The monoisotopic (exact) mass is 300 g/mol. The van der Waals surface area contributed by atoms with E-state index in [9.17, 15) is 0 Å². The van der Waals surface area contributed by atoms with Crippen LogP contribution >= 0.6 is 0 Å². The van der Waals surface area contributed by atoms with Gasteiger partial charge in [-0.1, -0.05) is 18.2 Å². The summed E-state index contributed by atoms with van der Waals surface area (Å²) in [5.74, 6) is 0. The summed E-state index contributed by atoms with van der Waals surface area (Å²) in [6, 6.07) is 16.7. The first-order valence-corrected chi connectivity index (χ1v) is 7.56. The van der Waals surface area contributed by atoms with Crippen molar-refractivity contribution in [3.63, 3.8) is 0 Å². The SMILES string of the molecule is Cc1ccn(-c2cc(-c3ccc4nnccc4c3)ccc2C)n1. The Kier molecular flexibility index (Phi) is 3.15. The topological polar surface area (TPSA) is 43.6 Å². The fourth-order valence-electron chi connectivity index (χ4n) is 2.75. The molecule has 0 aliphatic rings. The number of fused-ring (bicyclic) bond motifs is 1. The van der Waals surface area contributed by atoms with E-state index in [4.69, 9.17) is 0 Å². The molecular weight excluding hydrogens is 284 g/mol. The van der Waals surface area contributed by atoms with E-state index in [1.165, 1.54) is 5.56 Å². The zero-order valence-corrected chi connectivity index (χ0v) is 13.1. The summed E-state index contributed by atoms with van der Waals surface area (Å²) in [5, 5.41) is 13.7. The highest BCUT2D eigenvalue weighted by molar-refractivity contribution is 5.84. The van der Waals surface area contributed by atoms with Gasteiger partial charge in [-0.15, -0.1) is 0 Å². The largest absolute Gasteiger partial charge is 0.240 e. The van der Waals surface area contributed by atoms with E-state index in [1.54, 1.807) is 6.20 Å². The second-order valence-electron chi connectivity index (χ2n) is 5.71. The average Bonchev–Trinajstić information content (AvgIpc) is 3.01. The molecule has 0 unspecified atom stereocenters. The van der Waals surface area contributed by atoms with E-state index >= 15 is 0 Å². The van der Waals surface area contributed by atoms with Gasteiger partial charge in [0.25, 0.3) is 0 Å². The Hall–Kier alpha value is -3.01. The molecule has 0 atom stereocenters. The van der Waals surface area contributed by atoms with Crippen molar-refractivity contribution in [2.24, 2.45) is 0 Å². The van der Waals surface area contributed by atoms with Crippen LogP contribution in [0.15, 0.2) is 60.9 Å². The van der Waals surface area contributed by atoms with Gasteiger partial charge >= 0.3 is 0 Å². The minimum absolute atomic E-state index is 0.909. The third-order valence-corrected chi connectivity index (χ3v) is 4.03. The Balaban J connectivity index is 1.84. The van der Waals surface area contributed by atoms with Gasteiger partial charge in [-0.3, -0.25) is 0 Å². The maximum atomic E-state index is 4.52. The van der Waals surface area contributed by atoms with Gasteiger partial charge in [0.2, 0.25) is 0 Å². The van der Waals surface area contributed by atoms with Crippen LogP contribution in [0.25, 0.3) is 27.7 Å². The molecule has 0 N–H and O–H groups in total. The Bertz CT molecular complexity index is 1000. The lowest BCUT2D eigenvalue weighted by Gasteiger charge is -2.10. The van der Waals surface area contributed by atoms with Crippen LogP contribution in [0.2, 0.25) is 0 Å². The number of hydrogen-bond acceptors (Lipinski definition) is 3. The minimum Gasteiger partial charge on any atom is -0.240 e. The Labute approximate surface area is 134 Å². The van der Waals surface area contributed by atoms with E-state index < -0.39 is 0 Å². The Morgan fingerprint density at radius 2 is 1.70 bits per heavy atom. The number of benzene rings is 2. The highest BCUT2D eigenvalue weighted by Gasteiger charge is 2.07. The van der Waals surface area contributed by atoms with Gasteiger partial charge in [0.05, 0.1) is 23.1 Å². The second kappa shape index (κ2) is 5.32. The quantitative estimate of drug-likeness (QED) is 0.560. The van der Waals surface area contributed by atoms with Crippen molar-refractivity contribution >= 4 is 10.9 Å². The van der Waals surface area contributed by atoms with E-state index in [1.807, 2.05) is 36.0 Å². The van der Waals surface area contributed by atoms with Crippen molar-refractivity contribution in [2.75, 3.05) is 0 Å². The molecule has 4 aromatic rings. The highest BCUT2D eigenvalue weighted by atomic mass is 15.3. The molecule has 112 valence electrons. The maximum Gasteiger partial charge on any atom is 0.0930 e. The predicted octanol–water partition coefficient (Wildman–Crippen LogP) is 4.10. The zero-order chi connectivity index (χ0) is 15.8. The third kappa shape index (κ3) is 2.48. The number of nitrogens with zero attached hydrogens (tertiary/aromatic N) is 4. The summed E-state index contributed by atoms with van der Waals surface area (Å²) in [4.78, 5) is 0. The van der Waals surface area contributed by atoms with Crippen molar-refractivity contribution in [1.82, 2.24) is 20.0 Å². The Morgan fingerprint density at radius 3 is 2.52 bits per heavy atom. The van der Waals surface area contributed by atoms with Crippen molar-refractivity contribution < 1.29 is 0 Å². The van der Waals surface area contributed by atoms with E-state index in [0.717, 1.165) is 33.4 Å². The van der Waals surface area contributed by atoms with Gasteiger partial charge in [0, 0.05) is 11.6 Å². The van der Waals surface area contributed by atoms with Crippen LogP contribution in [0.4, 0.5) is 0 Å². The van der Waals surface area contributed by atoms with Crippen LogP contribution in [-0.4, -0.2) is 20.0 Å². The standard InChI is InChI=1S/C19H16N4/c1-13-3-4-16(12-19(13)23-10-8-14(2)22-23)15-5-6-18-17(11-15)7-9-20-21-18/h3-12H,1-2H3. The van der Waals surface area contributed by atoms with Gasteiger partial charge in [-0.05, 0) is 60.9 Å². The highest BCUT2D eigenvalue weighted by Crippen LogP contribution is 2.26. The van der Waals surface area contributed by atoms with E-state index in [2.05, 4.69) is 52.6 Å². The van der Waals surface area contributed by atoms with Crippen LogP contribution in [0, 0.1) is 13.8 Å². The van der Waals surface area contributed by atoms with Gasteiger partial charge in [-0.2, -0.15) is 15.3 Å². The first-order valence-electron chi connectivity index (χ1n) is 7.56. The normalized spacial score (nSPS) is 11.0. The lowest BCUT2D eigenvalue weighted by Crippen LogP contribution is -1.98. The van der Waals surface area contributed by atoms with Gasteiger partial charge in [0.15, 0.2) is 0 Å². The number of hydrogen-bond donors (Lipinski definition) is 0. The third-order valence-electron chi connectivity index (χ3n) is 4.03. The predicted molar refractivity (Wildman–Crippen MR) is 91.6 cm³/mol. The molecule has 4 rings (SSSR count). The molecule has 2 aromatic heterocycles. The van der Waals surface area contributed by atoms with Crippen LogP contribution in [0.5, 0.6) is 0 Å². The molecule has 2 heterocycles. The van der Waals surface area contributed by atoms with Crippen LogP contribution in [-0.2, 0) is 0 Å². The summed E-state index contributed by atoms with van der Waals surface area (Å²) in [6.07, 6.45) is 3.72. The van der Waals surface area contributed by atoms with Gasteiger partial charge in [-0.25, -0.2) is 4.68 Å². The molecule has 0 saturated carbocycles. The number of rotatable bonds is 2. The fourth-order valence-corrected chi connectivity index (χ4v) is 2.75. The average molecular weight is 300 g/mol. The number of aromatic nitrogens is 4. The van der Waals surface area contributed by atoms with Crippen LogP contribution in [0.3, 0.4) is 0 Å². The summed E-state index contributed by atoms with van der Waals surface area (Å²) in [7, 11) is 0. The van der Waals surface area contributed by atoms with Crippen molar-refractivity contribution in [2.45, 2.75) is 13.8 Å². The molecule has 0 radical (unpaired) electrons. The summed E-state index contributed by atoms with van der Waals surface area (Å²) >= 11 is 0. The number of aryl methyl sites for hydroxylation is 2. The Morgan fingerprint density at radius 1 is 0.870 bits per heavy atom. The summed E-state index contributed by atoms with van der Waals surface area (Å²) in [6.45, 7) is 4.10. The van der Waals surface area contributed by atoms with E-state index in [-0.39, 0.29) is 0 Å².